The van der Waals surface area contributed by atoms with Gasteiger partial charge in [0.05, 0.1) is 10.5 Å². The minimum absolute atomic E-state index is 0.116. The van der Waals surface area contributed by atoms with E-state index in [-0.39, 0.29) is 17.9 Å². The van der Waals surface area contributed by atoms with Gasteiger partial charge < -0.3 is 0 Å². The van der Waals surface area contributed by atoms with E-state index in [1.54, 1.807) is 13.8 Å². The van der Waals surface area contributed by atoms with Crippen molar-refractivity contribution in [3.05, 3.63) is 29.3 Å². The lowest BCUT2D eigenvalue weighted by Crippen LogP contribution is -2.40. The largest absolute Gasteiger partial charge is 0.417 e. The van der Waals surface area contributed by atoms with Crippen LogP contribution >= 0.6 is 0 Å². The Morgan fingerprint density at radius 3 is 2.30 bits per heavy atom. The minimum Gasteiger partial charge on any atom is -0.211 e. The van der Waals surface area contributed by atoms with Crippen molar-refractivity contribution in [2.45, 2.75) is 57.0 Å². The molecule has 1 aliphatic rings. The number of benzene rings is 1. The number of sulfonamides is 1. The standard InChI is InChI=1S/C16H22F3NO2S/c1-11(2)12-5-6-14(13(9-12)16(17,18)19)23(21,22)20-10-15(3)7-4-8-15/h5-6,9,11,20H,4,7-8,10H2,1-3H3. The Kier molecular flexibility index (Phi) is 4.84. The summed E-state index contributed by atoms with van der Waals surface area (Å²) < 4.78 is 66.9. The summed E-state index contributed by atoms with van der Waals surface area (Å²) >= 11 is 0. The van der Waals surface area contributed by atoms with Crippen molar-refractivity contribution < 1.29 is 21.6 Å². The Morgan fingerprint density at radius 1 is 1.26 bits per heavy atom. The number of alkyl halides is 3. The van der Waals surface area contributed by atoms with E-state index in [2.05, 4.69) is 4.72 Å². The van der Waals surface area contributed by atoms with Gasteiger partial charge in [0.15, 0.2) is 0 Å². The summed E-state index contributed by atoms with van der Waals surface area (Å²) in [6, 6.07) is 3.44. The molecule has 130 valence electrons. The molecule has 0 heterocycles. The molecule has 0 bridgehead atoms. The summed E-state index contributed by atoms with van der Waals surface area (Å²) in [7, 11) is -4.20. The summed E-state index contributed by atoms with van der Waals surface area (Å²) in [4.78, 5) is -0.697. The molecule has 0 atom stereocenters. The normalized spacial score (nSPS) is 18.0. The van der Waals surface area contributed by atoms with Crippen LogP contribution in [0.15, 0.2) is 23.1 Å². The van der Waals surface area contributed by atoms with Crippen molar-refractivity contribution in [1.29, 1.82) is 0 Å². The lowest BCUT2D eigenvalue weighted by atomic mass is 9.71. The highest BCUT2D eigenvalue weighted by Gasteiger charge is 2.39. The molecule has 2 rings (SSSR count). The van der Waals surface area contributed by atoms with Gasteiger partial charge in [-0.3, -0.25) is 0 Å². The molecular weight excluding hydrogens is 327 g/mol. The third kappa shape index (κ3) is 4.07. The number of rotatable bonds is 5. The lowest BCUT2D eigenvalue weighted by molar-refractivity contribution is -0.139. The predicted molar refractivity (Wildman–Crippen MR) is 82.7 cm³/mol. The molecule has 0 saturated heterocycles. The highest BCUT2D eigenvalue weighted by atomic mass is 32.2. The minimum atomic E-state index is -4.71. The van der Waals surface area contributed by atoms with Crippen molar-refractivity contribution >= 4 is 10.0 Å². The van der Waals surface area contributed by atoms with Crippen molar-refractivity contribution in [2.24, 2.45) is 5.41 Å². The second kappa shape index (κ2) is 6.09. The highest BCUT2D eigenvalue weighted by Crippen LogP contribution is 2.40. The van der Waals surface area contributed by atoms with Crippen molar-refractivity contribution in [1.82, 2.24) is 4.72 Å². The van der Waals surface area contributed by atoms with Gasteiger partial charge in [-0.15, -0.1) is 0 Å². The van der Waals surface area contributed by atoms with Gasteiger partial charge >= 0.3 is 6.18 Å². The van der Waals surface area contributed by atoms with Crippen LogP contribution < -0.4 is 4.72 Å². The van der Waals surface area contributed by atoms with Gasteiger partial charge in [-0.25, -0.2) is 13.1 Å². The van der Waals surface area contributed by atoms with E-state index in [1.165, 1.54) is 6.07 Å². The first-order valence-corrected chi connectivity index (χ1v) is 9.14. The van der Waals surface area contributed by atoms with Gasteiger partial charge in [0, 0.05) is 6.54 Å². The van der Waals surface area contributed by atoms with Crippen molar-refractivity contribution in [2.75, 3.05) is 6.54 Å². The van der Waals surface area contributed by atoms with Gasteiger partial charge in [0.1, 0.15) is 0 Å². The molecule has 1 saturated carbocycles. The molecule has 7 heteroatoms. The molecule has 23 heavy (non-hydrogen) atoms. The zero-order chi connectivity index (χ0) is 17.5. The first-order chi connectivity index (χ1) is 10.4. The predicted octanol–water partition coefficient (Wildman–Crippen LogP) is 4.30. The summed E-state index contributed by atoms with van der Waals surface area (Å²) in [6.07, 6.45) is -1.92. The fourth-order valence-corrected chi connectivity index (χ4v) is 4.07. The van der Waals surface area contributed by atoms with E-state index in [4.69, 9.17) is 0 Å². The maximum atomic E-state index is 13.3. The second-order valence-electron chi connectivity index (χ2n) is 6.90. The fraction of sp³-hybridized carbons (Fsp3) is 0.625. The van der Waals surface area contributed by atoms with Gasteiger partial charge in [-0.2, -0.15) is 13.2 Å². The van der Waals surface area contributed by atoms with E-state index < -0.39 is 26.7 Å². The SMILES string of the molecule is CC(C)c1ccc(S(=O)(=O)NCC2(C)CCC2)c(C(F)(F)F)c1. The maximum absolute atomic E-state index is 13.3. The van der Waals surface area contributed by atoms with Crippen LogP contribution in [0.1, 0.15) is 57.1 Å². The molecule has 1 fully saturated rings. The summed E-state index contributed by atoms with van der Waals surface area (Å²) in [5, 5.41) is 0. The van der Waals surface area contributed by atoms with Crippen molar-refractivity contribution in [3.63, 3.8) is 0 Å². The second-order valence-corrected chi connectivity index (χ2v) is 8.63. The van der Waals surface area contributed by atoms with Gasteiger partial charge in [-0.1, -0.05) is 33.3 Å². The fourth-order valence-electron chi connectivity index (χ4n) is 2.67. The average molecular weight is 349 g/mol. The van der Waals surface area contributed by atoms with Crippen LogP contribution in [0, 0.1) is 5.41 Å². The van der Waals surface area contributed by atoms with Gasteiger partial charge in [-0.05, 0) is 41.9 Å². The molecule has 0 radical (unpaired) electrons. The molecule has 3 nitrogen and oxygen atoms in total. The third-order valence-electron chi connectivity index (χ3n) is 4.51. The quantitative estimate of drug-likeness (QED) is 0.861. The Morgan fingerprint density at radius 2 is 1.87 bits per heavy atom. The maximum Gasteiger partial charge on any atom is 0.417 e. The molecule has 1 N–H and O–H groups in total. The molecule has 0 aromatic heterocycles. The Bertz CT molecular complexity index is 677. The molecular formula is C16H22F3NO2S. The third-order valence-corrected chi connectivity index (χ3v) is 5.97. The van der Waals surface area contributed by atoms with E-state index >= 15 is 0 Å². The monoisotopic (exact) mass is 349 g/mol. The van der Waals surface area contributed by atoms with Crippen molar-refractivity contribution in [3.8, 4) is 0 Å². The van der Waals surface area contributed by atoms with Crippen LogP contribution in [0.3, 0.4) is 0 Å². The molecule has 0 aliphatic heterocycles. The number of halogens is 3. The molecule has 0 spiro atoms. The van der Waals surface area contributed by atoms with Crippen LogP contribution in [0.4, 0.5) is 13.2 Å². The lowest BCUT2D eigenvalue weighted by Gasteiger charge is -2.38. The number of hydrogen-bond donors (Lipinski definition) is 1. The molecule has 1 aromatic rings. The molecule has 1 aliphatic carbocycles. The Hall–Kier alpha value is -1.08. The molecule has 1 aromatic carbocycles. The van der Waals surface area contributed by atoms with Crippen LogP contribution in [-0.4, -0.2) is 15.0 Å². The average Bonchev–Trinajstić information content (AvgIpc) is 2.41. The van der Waals surface area contributed by atoms with E-state index in [9.17, 15) is 21.6 Å². The van der Waals surface area contributed by atoms with Crippen LogP contribution in [0.5, 0.6) is 0 Å². The first-order valence-electron chi connectivity index (χ1n) is 7.65. The topological polar surface area (TPSA) is 46.2 Å². The molecule has 0 unspecified atom stereocenters. The van der Waals surface area contributed by atoms with Gasteiger partial charge in [0.25, 0.3) is 0 Å². The molecule has 0 amide bonds. The first kappa shape index (κ1) is 18.3. The van der Waals surface area contributed by atoms with Crippen LogP contribution in [-0.2, 0) is 16.2 Å². The van der Waals surface area contributed by atoms with Crippen LogP contribution in [0.2, 0.25) is 0 Å². The number of hydrogen-bond acceptors (Lipinski definition) is 2. The summed E-state index contributed by atoms with van der Waals surface area (Å²) in [5.41, 5.74) is -0.791. The van der Waals surface area contributed by atoms with Crippen LogP contribution in [0.25, 0.3) is 0 Å². The highest BCUT2D eigenvalue weighted by molar-refractivity contribution is 7.89. The van der Waals surface area contributed by atoms with E-state index in [1.807, 2.05) is 6.92 Å². The smallest absolute Gasteiger partial charge is 0.211 e. The summed E-state index contributed by atoms with van der Waals surface area (Å²) in [6.45, 7) is 5.63. The van der Waals surface area contributed by atoms with Gasteiger partial charge in [0.2, 0.25) is 10.0 Å². The number of nitrogens with one attached hydrogen (secondary N) is 1. The summed E-state index contributed by atoms with van der Waals surface area (Å²) in [5.74, 6) is -0.116. The van der Waals surface area contributed by atoms with E-state index in [0.29, 0.717) is 5.56 Å². The Labute approximate surface area is 135 Å². The Balaban J connectivity index is 2.36. The zero-order valence-electron chi connectivity index (χ0n) is 13.5. The van der Waals surface area contributed by atoms with E-state index in [0.717, 1.165) is 31.4 Å². The zero-order valence-corrected chi connectivity index (χ0v) is 14.3.